The molecule has 0 bridgehead atoms. The average Bonchev–Trinajstić information content (AvgIpc) is 2.55. The summed E-state index contributed by atoms with van der Waals surface area (Å²) in [6.07, 6.45) is 9.30. The Morgan fingerprint density at radius 2 is 1.41 bits per heavy atom. The molecule has 3 heteroatoms. The van der Waals surface area contributed by atoms with Gasteiger partial charge in [-0.2, -0.15) is 0 Å². The van der Waals surface area contributed by atoms with Gasteiger partial charge in [-0.1, -0.05) is 52.4 Å². The fraction of sp³-hybridized carbons (Fsp3) is 0.632. The largest absolute Gasteiger partial charge is 0.494 e. The Labute approximate surface area is 135 Å². The minimum Gasteiger partial charge on any atom is -0.494 e. The van der Waals surface area contributed by atoms with E-state index in [4.69, 9.17) is 9.47 Å². The molecule has 0 N–H and O–H groups in total. The van der Waals surface area contributed by atoms with Crippen LogP contribution in [0.25, 0.3) is 0 Å². The van der Waals surface area contributed by atoms with Gasteiger partial charge in [0.1, 0.15) is 5.75 Å². The third kappa shape index (κ3) is 8.06. The fourth-order valence-electron chi connectivity index (χ4n) is 2.18. The molecule has 0 aliphatic heterocycles. The molecule has 0 amide bonds. The van der Waals surface area contributed by atoms with E-state index in [0.717, 1.165) is 38.0 Å². The Morgan fingerprint density at radius 3 is 2.09 bits per heavy atom. The van der Waals surface area contributed by atoms with Crippen molar-refractivity contribution in [1.29, 1.82) is 0 Å². The molecule has 0 aliphatic rings. The number of ether oxygens (including phenoxy) is 2. The highest BCUT2D eigenvalue weighted by atomic mass is 16.5. The Morgan fingerprint density at radius 1 is 0.818 bits per heavy atom. The van der Waals surface area contributed by atoms with Gasteiger partial charge in [0.15, 0.2) is 0 Å². The number of benzene rings is 1. The van der Waals surface area contributed by atoms with Crippen molar-refractivity contribution in [3.05, 3.63) is 29.8 Å². The van der Waals surface area contributed by atoms with Crippen molar-refractivity contribution in [2.45, 2.75) is 65.2 Å². The summed E-state index contributed by atoms with van der Waals surface area (Å²) in [4.78, 5) is 11.8. The maximum Gasteiger partial charge on any atom is 0.338 e. The zero-order chi connectivity index (χ0) is 16.0. The molecule has 0 aromatic heterocycles. The number of carbonyl (C=O) groups excluding carboxylic acids is 1. The minimum absolute atomic E-state index is 0.248. The van der Waals surface area contributed by atoms with Crippen LogP contribution in [0.1, 0.15) is 75.6 Å². The standard InChI is InChI=1S/C19H30O3/c1-3-5-7-8-10-15-21-18-13-11-17(12-14-18)19(20)22-16-9-6-4-2/h11-14H,3-10,15-16H2,1-2H3. The summed E-state index contributed by atoms with van der Waals surface area (Å²) in [5, 5.41) is 0. The van der Waals surface area contributed by atoms with E-state index in [1.54, 1.807) is 12.1 Å². The van der Waals surface area contributed by atoms with Gasteiger partial charge in [0, 0.05) is 0 Å². The molecular weight excluding hydrogens is 276 g/mol. The van der Waals surface area contributed by atoms with Gasteiger partial charge in [0.25, 0.3) is 0 Å². The van der Waals surface area contributed by atoms with Crippen molar-refractivity contribution in [3.63, 3.8) is 0 Å². The number of hydrogen-bond acceptors (Lipinski definition) is 3. The summed E-state index contributed by atoms with van der Waals surface area (Å²) in [5.41, 5.74) is 0.590. The van der Waals surface area contributed by atoms with E-state index in [2.05, 4.69) is 13.8 Å². The zero-order valence-electron chi connectivity index (χ0n) is 14.1. The van der Waals surface area contributed by atoms with Crippen LogP contribution in [-0.4, -0.2) is 19.2 Å². The summed E-state index contributed by atoms with van der Waals surface area (Å²) in [7, 11) is 0. The normalized spacial score (nSPS) is 10.5. The van der Waals surface area contributed by atoms with Crippen molar-refractivity contribution in [2.75, 3.05) is 13.2 Å². The van der Waals surface area contributed by atoms with Crippen molar-refractivity contribution < 1.29 is 14.3 Å². The van der Waals surface area contributed by atoms with Crippen LogP contribution in [0.3, 0.4) is 0 Å². The first-order valence-electron chi connectivity index (χ1n) is 8.68. The van der Waals surface area contributed by atoms with Crippen LogP contribution in [0.15, 0.2) is 24.3 Å². The van der Waals surface area contributed by atoms with Crippen molar-refractivity contribution in [3.8, 4) is 5.75 Å². The first-order valence-corrected chi connectivity index (χ1v) is 8.68. The van der Waals surface area contributed by atoms with Gasteiger partial charge in [0.2, 0.25) is 0 Å². The van der Waals surface area contributed by atoms with E-state index in [1.165, 1.54) is 25.7 Å². The van der Waals surface area contributed by atoms with Crippen LogP contribution < -0.4 is 4.74 Å². The second kappa shape index (κ2) is 12.1. The molecule has 0 atom stereocenters. The van der Waals surface area contributed by atoms with Crippen LogP contribution >= 0.6 is 0 Å². The number of carbonyl (C=O) groups is 1. The molecule has 124 valence electrons. The predicted octanol–water partition coefficient (Wildman–Crippen LogP) is 5.38. The average molecular weight is 306 g/mol. The van der Waals surface area contributed by atoms with Gasteiger partial charge in [-0.25, -0.2) is 4.79 Å². The third-order valence-corrected chi connectivity index (χ3v) is 3.59. The van der Waals surface area contributed by atoms with Gasteiger partial charge >= 0.3 is 5.97 Å². The lowest BCUT2D eigenvalue weighted by Crippen LogP contribution is -2.06. The van der Waals surface area contributed by atoms with Gasteiger partial charge in [0.05, 0.1) is 18.8 Å². The van der Waals surface area contributed by atoms with Crippen LogP contribution in [0.2, 0.25) is 0 Å². The van der Waals surface area contributed by atoms with Crippen molar-refractivity contribution in [2.24, 2.45) is 0 Å². The van der Waals surface area contributed by atoms with Crippen LogP contribution in [0.5, 0.6) is 5.75 Å². The number of esters is 1. The molecule has 1 aromatic carbocycles. The fourth-order valence-corrected chi connectivity index (χ4v) is 2.18. The SMILES string of the molecule is CCCCCCCOc1ccc(C(=O)OCCCCC)cc1. The lowest BCUT2D eigenvalue weighted by molar-refractivity contribution is 0.0498. The predicted molar refractivity (Wildman–Crippen MR) is 90.5 cm³/mol. The molecule has 0 unspecified atom stereocenters. The molecule has 0 saturated heterocycles. The first-order chi connectivity index (χ1) is 10.8. The van der Waals surface area contributed by atoms with Crippen LogP contribution in [0, 0.1) is 0 Å². The van der Waals surface area contributed by atoms with E-state index >= 15 is 0 Å². The lowest BCUT2D eigenvalue weighted by Gasteiger charge is -2.07. The van der Waals surface area contributed by atoms with Gasteiger partial charge in [-0.3, -0.25) is 0 Å². The molecule has 3 nitrogen and oxygen atoms in total. The highest BCUT2D eigenvalue weighted by Crippen LogP contribution is 2.14. The van der Waals surface area contributed by atoms with Gasteiger partial charge in [-0.15, -0.1) is 0 Å². The van der Waals surface area contributed by atoms with E-state index < -0.39 is 0 Å². The molecule has 1 aromatic rings. The molecule has 0 heterocycles. The Bertz CT molecular complexity index is 398. The number of hydrogen-bond donors (Lipinski definition) is 0. The summed E-state index contributed by atoms with van der Waals surface area (Å²) in [5.74, 6) is 0.570. The maximum atomic E-state index is 11.8. The Balaban J connectivity index is 2.23. The quantitative estimate of drug-likeness (QED) is 0.384. The second-order valence-electron chi connectivity index (χ2n) is 5.63. The molecule has 0 aliphatic carbocycles. The molecule has 0 radical (unpaired) electrons. The summed E-state index contributed by atoms with van der Waals surface area (Å²) < 4.78 is 10.9. The van der Waals surface area contributed by atoms with Crippen molar-refractivity contribution >= 4 is 5.97 Å². The molecule has 0 saturated carbocycles. The monoisotopic (exact) mass is 306 g/mol. The smallest absolute Gasteiger partial charge is 0.338 e. The summed E-state index contributed by atoms with van der Waals surface area (Å²) in [6, 6.07) is 7.23. The van der Waals surface area contributed by atoms with E-state index in [9.17, 15) is 4.79 Å². The molecule has 0 spiro atoms. The Hall–Kier alpha value is -1.51. The zero-order valence-corrected chi connectivity index (χ0v) is 14.1. The van der Waals surface area contributed by atoms with Gasteiger partial charge < -0.3 is 9.47 Å². The summed E-state index contributed by atoms with van der Waals surface area (Å²) in [6.45, 7) is 5.59. The van der Waals surface area contributed by atoms with E-state index in [1.807, 2.05) is 12.1 Å². The van der Waals surface area contributed by atoms with E-state index in [0.29, 0.717) is 12.2 Å². The summed E-state index contributed by atoms with van der Waals surface area (Å²) >= 11 is 0. The number of unbranched alkanes of at least 4 members (excludes halogenated alkanes) is 6. The topological polar surface area (TPSA) is 35.5 Å². The highest BCUT2D eigenvalue weighted by molar-refractivity contribution is 5.89. The molecule has 22 heavy (non-hydrogen) atoms. The van der Waals surface area contributed by atoms with Gasteiger partial charge in [-0.05, 0) is 37.1 Å². The van der Waals surface area contributed by atoms with Crippen molar-refractivity contribution in [1.82, 2.24) is 0 Å². The second-order valence-corrected chi connectivity index (χ2v) is 5.63. The van der Waals surface area contributed by atoms with E-state index in [-0.39, 0.29) is 5.97 Å². The molecule has 1 rings (SSSR count). The third-order valence-electron chi connectivity index (χ3n) is 3.59. The number of rotatable bonds is 12. The molecule has 0 fully saturated rings. The van der Waals surface area contributed by atoms with Crippen LogP contribution in [0.4, 0.5) is 0 Å². The first kappa shape index (κ1) is 18.5. The lowest BCUT2D eigenvalue weighted by atomic mass is 10.2. The molecular formula is C19H30O3. The highest BCUT2D eigenvalue weighted by Gasteiger charge is 2.06. The Kier molecular flexibility index (Phi) is 10.2. The van der Waals surface area contributed by atoms with Crippen LogP contribution in [-0.2, 0) is 4.74 Å². The minimum atomic E-state index is -0.248. The maximum absolute atomic E-state index is 11.8.